The van der Waals surface area contributed by atoms with Gasteiger partial charge in [-0.15, -0.1) is 11.8 Å². The molecule has 0 atom stereocenters. The van der Waals surface area contributed by atoms with E-state index in [0.29, 0.717) is 23.2 Å². The van der Waals surface area contributed by atoms with Gasteiger partial charge in [0.25, 0.3) is 0 Å². The summed E-state index contributed by atoms with van der Waals surface area (Å²) in [5, 5.41) is 4.59. The Morgan fingerprint density at radius 1 is 1.16 bits per heavy atom. The van der Waals surface area contributed by atoms with E-state index in [1.807, 2.05) is 24.3 Å². The van der Waals surface area contributed by atoms with Crippen molar-refractivity contribution >= 4 is 23.4 Å². The minimum absolute atomic E-state index is 0.458. The first-order chi connectivity index (χ1) is 9.33. The third kappa shape index (κ3) is 2.83. The van der Waals surface area contributed by atoms with Crippen molar-refractivity contribution in [2.75, 3.05) is 0 Å². The van der Waals surface area contributed by atoms with Crippen LogP contribution in [-0.2, 0) is 5.75 Å². The maximum Gasteiger partial charge on any atom is 0.238 e. The number of halogens is 1. The van der Waals surface area contributed by atoms with E-state index in [0.717, 1.165) is 9.92 Å². The Kier molecular flexibility index (Phi) is 3.57. The average Bonchev–Trinajstić information content (AvgIpc) is 3.09. The predicted octanol–water partition coefficient (Wildman–Crippen LogP) is 4.28. The van der Waals surface area contributed by atoms with Gasteiger partial charge >= 0.3 is 0 Å². The molecule has 0 fully saturated rings. The summed E-state index contributed by atoms with van der Waals surface area (Å²) in [6.45, 7) is 0. The van der Waals surface area contributed by atoms with Gasteiger partial charge in [-0.25, -0.2) is 0 Å². The van der Waals surface area contributed by atoms with Gasteiger partial charge in [0.1, 0.15) is 0 Å². The van der Waals surface area contributed by atoms with Crippen LogP contribution in [0.2, 0.25) is 5.02 Å². The van der Waals surface area contributed by atoms with Crippen LogP contribution in [-0.4, -0.2) is 10.1 Å². The van der Waals surface area contributed by atoms with Crippen LogP contribution in [0.1, 0.15) is 5.89 Å². The molecule has 0 aliphatic heterocycles. The van der Waals surface area contributed by atoms with Crippen molar-refractivity contribution < 1.29 is 8.94 Å². The van der Waals surface area contributed by atoms with Crippen LogP contribution in [0.25, 0.3) is 11.6 Å². The van der Waals surface area contributed by atoms with Crippen molar-refractivity contribution in [2.45, 2.75) is 10.6 Å². The average molecular weight is 293 g/mol. The van der Waals surface area contributed by atoms with Gasteiger partial charge in [-0.1, -0.05) is 28.9 Å². The molecule has 4 nitrogen and oxygen atoms in total. The first-order valence-electron chi connectivity index (χ1n) is 5.57. The molecule has 0 amide bonds. The zero-order chi connectivity index (χ0) is 13.1. The summed E-state index contributed by atoms with van der Waals surface area (Å²) < 4.78 is 10.4. The number of nitrogens with zero attached hydrogens (tertiary/aromatic N) is 2. The Balaban J connectivity index is 1.70. The predicted molar refractivity (Wildman–Crippen MR) is 73.0 cm³/mol. The first kappa shape index (κ1) is 12.3. The largest absolute Gasteiger partial charge is 0.461 e. The van der Waals surface area contributed by atoms with Crippen LogP contribution in [0, 0.1) is 0 Å². The Morgan fingerprint density at radius 3 is 2.84 bits per heavy atom. The Morgan fingerprint density at radius 2 is 2.05 bits per heavy atom. The summed E-state index contributed by atoms with van der Waals surface area (Å²) in [4.78, 5) is 5.25. The SMILES string of the molecule is Clc1ccccc1SCc1nc(-c2ccco2)no1. The quantitative estimate of drug-likeness (QED) is 0.672. The number of aromatic nitrogens is 2. The lowest BCUT2D eigenvalue weighted by Gasteiger charge is -2.00. The zero-order valence-electron chi connectivity index (χ0n) is 9.75. The Hall–Kier alpha value is -1.72. The Labute approximate surface area is 118 Å². The van der Waals surface area contributed by atoms with Crippen LogP contribution in [0.15, 0.2) is 56.5 Å². The van der Waals surface area contributed by atoms with Crippen LogP contribution < -0.4 is 0 Å². The molecule has 0 unspecified atom stereocenters. The first-order valence-corrected chi connectivity index (χ1v) is 6.93. The molecule has 0 saturated heterocycles. The minimum atomic E-state index is 0.458. The van der Waals surface area contributed by atoms with E-state index in [1.54, 1.807) is 30.2 Å². The van der Waals surface area contributed by atoms with Gasteiger partial charge in [-0.2, -0.15) is 4.98 Å². The molecule has 19 heavy (non-hydrogen) atoms. The van der Waals surface area contributed by atoms with Gasteiger partial charge in [0, 0.05) is 4.90 Å². The fourth-order valence-electron chi connectivity index (χ4n) is 1.52. The number of hydrogen-bond acceptors (Lipinski definition) is 5. The van der Waals surface area contributed by atoms with E-state index < -0.39 is 0 Å². The van der Waals surface area contributed by atoms with Crippen molar-refractivity contribution in [3.63, 3.8) is 0 Å². The summed E-state index contributed by atoms with van der Waals surface area (Å²) in [6, 6.07) is 11.2. The van der Waals surface area contributed by atoms with Crippen molar-refractivity contribution in [3.8, 4) is 11.6 Å². The van der Waals surface area contributed by atoms with Gasteiger partial charge in [-0.05, 0) is 24.3 Å². The van der Waals surface area contributed by atoms with Crippen molar-refractivity contribution in [1.82, 2.24) is 10.1 Å². The molecule has 0 N–H and O–H groups in total. The number of thioether (sulfide) groups is 1. The third-order valence-electron chi connectivity index (χ3n) is 2.40. The lowest BCUT2D eigenvalue weighted by atomic mass is 10.4. The summed E-state index contributed by atoms with van der Waals surface area (Å²) in [7, 11) is 0. The number of rotatable bonds is 4. The Bertz CT molecular complexity index is 667. The van der Waals surface area contributed by atoms with Crippen LogP contribution in [0.3, 0.4) is 0 Å². The smallest absolute Gasteiger partial charge is 0.238 e. The van der Waals surface area contributed by atoms with Gasteiger partial charge in [0.15, 0.2) is 5.76 Å². The molecule has 0 spiro atoms. The summed E-state index contributed by atoms with van der Waals surface area (Å²) >= 11 is 7.63. The molecule has 0 aliphatic carbocycles. The normalized spacial score (nSPS) is 10.8. The third-order valence-corrected chi connectivity index (χ3v) is 3.90. The highest BCUT2D eigenvalue weighted by Crippen LogP contribution is 2.29. The summed E-state index contributed by atoms with van der Waals surface area (Å²) in [6.07, 6.45) is 1.57. The number of hydrogen-bond donors (Lipinski definition) is 0. The van der Waals surface area contributed by atoms with Crippen LogP contribution in [0.5, 0.6) is 0 Å². The number of benzene rings is 1. The summed E-state index contributed by atoms with van der Waals surface area (Å²) in [5.74, 6) is 2.16. The molecule has 1 aromatic carbocycles. The second-order valence-corrected chi connectivity index (χ2v) is 5.13. The zero-order valence-corrected chi connectivity index (χ0v) is 11.3. The molecule has 96 valence electrons. The second-order valence-electron chi connectivity index (χ2n) is 3.71. The molecule has 3 rings (SSSR count). The topological polar surface area (TPSA) is 52.1 Å². The molecule has 2 heterocycles. The highest BCUT2D eigenvalue weighted by atomic mass is 35.5. The van der Waals surface area contributed by atoms with Crippen molar-refractivity contribution in [3.05, 3.63) is 53.6 Å². The van der Waals surface area contributed by atoms with Gasteiger partial charge in [-0.3, -0.25) is 0 Å². The van der Waals surface area contributed by atoms with E-state index in [2.05, 4.69) is 10.1 Å². The van der Waals surface area contributed by atoms with Crippen molar-refractivity contribution in [1.29, 1.82) is 0 Å². The lowest BCUT2D eigenvalue weighted by Crippen LogP contribution is -1.82. The van der Waals surface area contributed by atoms with Gasteiger partial charge in [0.05, 0.1) is 17.0 Å². The maximum absolute atomic E-state index is 6.07. The maximum atomic E-state index is 6.07. The summed E-state index contributed by atoms with van der Waals surface area (Å²) in [5.41, 5.74) is 0. The highest BCUT2D eigenvalue weighted by Gasteiger charge is 2.11. The molecule has 0 bridgehead atoms. The molecule has 0 saturated carbocycles. The lowest BCUT2D eigenvalue weighted by molar-refractivity contribution is 0.390. The standard InChI is InChI=1S/C13H9ClN2O2S/c14-9-4-1-2-6-11(9)19-8-12-15-13(16-18-12)10-5-3-7-17-10/h1-7H,8H2. The molecule has 6 heteroatoms. The monoisotopic (exact) mass is 292 g/mol. The van der Waals surface area contributed by atoms with E-state index in [1.165, 1.54) is 0 Å². The molecule has 0 radical (unpaired) electrons. The van der Waals surface area contributed by atoms with E-state index in [4.69, 9.17) is 20.5 Å². The molecular formula is C13H9ClN2O2S. The minimum Gasteiger partial charge on any atom is -0.461 e. The van der Waals surface area contributed by atoms with E-state index in [-0.39, 0.29) is 0 Å². The fraction of sp³-hybridized carbons (Fsp3) is 0.0769. The number of furan rings is 1. The molecule has 0 aliphatic rings. The van der Waals surface area contributed by atoms with Gasteiger partial charge in [0.2, 0.25) is 11.7 Å². The molecular weight excluding hydrogens is 284 g/mol. The van der Waals surface area contributed by atoms with E-state index in [9.17, 15) is 0 Å². The van der Waals surface area contributed by atoms with Crippen LogP contribution >= 0.6 is 23.4 Å². The fourth-order valence-corrected chi connectivity index (χ4v) is 2.60. The molecule has 2 aromatic heterocycles. The van der Waals surface area contributed by atoms with Crippen molar-refractivity contribution in [2.24, 2.45) is 0 Å². The highest BCUT2D eigenvalue weighted by molar-refractivity contribution is 7.98. The van der Waals surface area contributed by atoms with Crippen LogP contribution in [0.4, 0.5) is 0 Å². The second kappa shape index (κ2) is 5.50. The van der Waals surface area contributed by atoms with E-state index >= 15 is 0 Å². The molecule has 3 aromatic rings. The van der Waals surface area contributed by atoms with Gasteiger partial charge < -0.3 is 8.94 Å².